The van der Waals surface area contributed by atoms with Gasteiger partial charge in [-0.3, -0.25) is 9.69 Å². The van der Waals surface area contributed by atoms with Gasteiger partial charge in [-0.25, -0.2) is 0 Å². The van der Waals surface area contributed by atoms with Gasteiger partial charge in [0.05, 0.1) is 11.4 Å². The molecule has 0 aliphatic carbocycles. The van der Waals surface area contributed by atoms with E-state index in [1.807, 2.05) is 24.3 Å². The zero-order valence-corrected chi connectivity index (χ0v) is 11.5. The first kappa shape index (κ1) is 14.2. The van der Waals surface area contributed by atoms with Crippen molar-refractivity contribution in [3.05, 3.63) is 29.3 Å². The van der Waals surface area contributed by atoms with E-state index >= 15 is 0 Å². The minimum Gasteiger partial charge on any atom is -0.488 e. The molecule has 19 heavy (non-hydrogen) atoms. The Morgan fingerprint density at radius 2 is 2.26 bits per heavy atom. The quantitative estimate of drug-likeness (QED) is 0.903. The number of nitrogens with zero attached hydrogens (tertiary/aromatic N) is 1. The number of aliphatic carboxylic acids is 1. The summed E-state index contributed by atoms with van der Waals surface area (Å²) in [6.45, 7) is 2.28. The molecule has 1 fully saturated rings. The van der Waals surface area contributed by atoms with Crippen molar-refractivity contribution >= 4 is 17.6 Å². The molecule has 0 spiro atoms. The fourth-order valence-corrected chi connectivity index (χ4v) is 2.47. The van der Waals surface area contributed by atoms with E-state index in [1.54, 1.807) is 0 Å². The molecule has 1 unspecified atom stereocenters. The highest BCUT2D eigenvalue weighted by Crippen LogP contribution is 2.26. The van der Waals surface area contributed by atoms with Crippen molar-refractivity contribution in [2.75, 3.05) is 19.6 Å². The summed E-state index contributed by atoms with van der Waals surface area (Å²) >= 11 is 6.07. The minimum atomic E-state index is -0.755. The third-order valence-electron chi connectivity index (χ3n) is 3.23. The Kier molecular flexibility index (Phi) is 5.05. The van der Waals surface area contributed by atoms with Crippen LogP contribution in [0, 0.1) is 0 Å². The number of carboxylic acid groups (broad SMARTS) is 1. The highest BCUT2D eigenvalue weighted by Gasteiger charge is 2.22. The summed E-state index contributed by atoms with van der Waals surface area (Å²) in [6.07, 6.45) is 2.27. The number of likely N-dealkylation sites (tertiary alicyclic amines) is 1. The van der Waals surface area contributed by atoms with Crippen molar-refractivity contribution in [1.82, 2.24) is 4.90 Å². The first-order valence-electron chi connectivity index (χ1n) is 6.50. The summed E-state index contributed by atoms with van der Waals surface area (Å²) in [5, 5.41) is 9.32. The van der Waals surface area contributed by atoms with Crippen molar-refractivity contribution in [1.29, 1.82) is 0 Å². The Morgan fingerprint density at radius 3 is 3.00 bits per heavy atom. The fourth-order valence-electron chi connectivity index (χ4n) is 2.29. The summed E-state index contributed by atoms with van der Waals surface area (Å²) in [4.78, 5) is 12.7. The van der Waals surface area contributed by atoms with Gasteiger partial charge in [0.2, 0.25) is 0 Å². The van der Waals surface area contributed by atoms with Gasteiger partial charge in [0.25, 0.3) is 0 Å². The molecule has 1 aliphatic rings. The van der Waals surface area contributed by atoms with Crippen molar-refractivity contribution in [2.45, 2.75) is 25.4 Å². The van der Waals surface area contributed by atoms with E-state index in [9.17, 15) is 4.79 Å². The monoisotopic (exact) mass is 283 g/mol. The number of carbonyl (C=O) groups is 1. The van der Waals surface area contributed by atoms with Gasteiger partial charge in [-0.2, -0.15) is 0 Å². The van der Waals surface area contributed by atoms with Crippen LogP contribution in [0.5, 0.6) is 5.75 Å². The minimum absolute atomic E-state index is 0.0856. The lowest BCUT2D eigenvalue weighted by Crippen LogP contribution is -2.42. The van der Waals surface area contributed by atoms with E-state index in [1.165, 1.54) is 0 Å². The molecule has 1 aromatic carbocycles. The number of carboxylic acids is 1. The second kappa shape index (κ2) is 6.78. The van der Waals surface area contributed by atoms with Crippen LogP contribution in [0.2, 0.25) is 5.02 Å². The Balaban J connectivity index is 1.87. The molecular weight excluding hydrogens is 266 g/mol. The zero-order valence-electron chi connectivity index (χ0n) is 10.7. The van der Waals surface area contributed by atoms with Crippen LogP contribution in [0.3, 0.4) is 0 Å². The largest absolute Gasteiger partial charge is 0.488 e. The molecule has 0 aromatic heterocycles. The summed E-state index contributed by atoms with van der Waals surface area (Å²) < 4.78 is 5.90. The Morgan fingerprint density at radius 1 is 1.47 bits per heavy atom. The highest BCUT2D eigenvalue weighted by molar-refractivity contribution is 6.32. The number of para-hydroxylation sites is 1. The standard InChI is InChI=1S/C14H18ClNO3/c15-12-5-1-2-6-13(12)19-11-4-3-8-16(10-11)9-7-14(17)18/h1-2,5-6,11H,3-4,7-10H2,(H,17,18). The van der Waals surface area contributed by atoms with Crippen LogP contribution in [0.1, 0.15) is 19.3 Å². The molecule has 4 nitrogen and oxygen atoms in total. The summed E-state index contributed by atoms with van der Waals surface area (Å²) in [6, 6.07) is 7.43. The molecule has 0 amide bonds. The maximum atomic E-state index is 10.6. The van der Waals surface area contributed by atoms with Crippen LogP contribution in [-0.4, -0.2) is 41.7 Å². The maximum Gasteiger partial charge on any atom is 0.304 e. The Hall–Kier alpha value is -1.26. The van der Waals surface area contributed by atoms with Crippen molar-refractivity contribution < 1.29 is 14.6 Å². The van der Waals surface area contributed by atoms with E-state index in [0.717, 1.165) is 25.9 Å². The van der Waals surface area contributed by atoms with Crippen LogP contribution >= 0.6 is 11.6 Å². The number of halogens is 1. The second-order valence-corrected chi connectivity index (χ2v) is 5.16. The van der Waals surface area contributed by atoms with Gasteiger partial charge in [0.1, 0.15) is 11.9 Å². The molecule has 1 aromatic rings. The zero-order chi connectivity index (χ0) is 13.7. The molecule has 5 heteroatoms. The number of ether oxygens (including phenoxy) is 1. The summed E-state index contributed by atoms with van der Waals surface area (Å²) in [5.41, 5.74) is 0. The molecule has 104 valence electrons. The molecule has 0 bridgehead atoms. The van der Waals surface area contributed by atoms with E-state index in [-0.39, 0.29) is 12.5 Å². The summed E-state index contributed by atoms with van der Waals surface area (Å²) in [5.74, 6) is -0.0524. The van der Waals surface area contributed by atoms with Gasteiger partial charge in [0, 0.05) is 13.1 Å². The van der Waals surface area contributed by atoms with Gasteiger partial charge < -0.3 is 9.84 Å². The van der Waals surface area contributed by atoms with Gasteiger partial charge in [-0.15, -0.1) is 0 Å². The van der Waals surface area contributed by atoms with Crippen LogP contribution in [0.25, 0.3) is 0 Å². The van der Waals surface area contributed by atoms with E-state index < -0.39 is 5.97 Å². The molecule has 1 heterocycles. The number of hydrogen-bond donors (Lipinski definition) is 1. The number of benzene rings is 1. The lowest BCUT2D eigenvalue weighted by molar-refractivity contribution is -0.137. The van der Waals surface area contributed by atoms with Crippen molar-refractivity contribution in [3.63, 3.8) is 0 Å². The third-order valence-corrected chi connectivity index (χ3v) is 3.55. The predicted octanol–water partition coefficient (Wildman–Crippen LogP) is 2.66. The Labute approximate surface area is 117 Å². The predicted molar refractivity (Wildman–Crippen MR) is 73.8 cm³/mol. The van der Waals surface area contributed by atoms with Crippen LogP contribution in [0.4, 0.5) is 0 Å². The van der Waals surface area contributed by atoms with Crippen LogP contribution in [0.15, 0.2) is 24.3 Å². The van der Waals surface area contributed by atoms with E-state index in [0.29, 0.717) is 17.3 Å². The number of piperidine rings is 1. The molecule has 1 saturated heterocycles. The van der Waals surface area contributed by atoms with Gasteiger partial charge in [0.15, 0.2) is 0 Å². The van der Waals surface area contributed by atoms with E-state index in [4.69, 9.17) is 21.4 Å². The normalized spacial score (nSPS) is 20.2. The van der Waals surface area contributed by atoms with Gasteiger partial charge in [-0.1, -0.05) is 23.7 Å². The number of hydrogen-bond acceptors (Lipinski definition) is 3. The van der Waals surface area contributed by atoms with Gasteiger partial charge >= 0.3 is 5.97 Å². The molecule has 1 N–H and O–H groups in total. The first-order valence-corrected chi connectivity index (χ1v) is 6.88. The molecule has 1 atom stereocenters. The summed E-state index contributed by atoms with van der Waals surface area (Å²) in [7, 11) is 0. The average molecular weight is 284 g/mol. The third kappa shape index (κ3) is 4.40. The first-order chi connectivity index (χ1) is 9.15. The molecular formula is C14H18ClNO3. The molecule has 0 radical (unpaired) electrons. The molecule has 0 saturated carbocycles. The molecule has 2 rings (SSSR count). The van der Waals surface area contributed by atoms with Crippen molar-refractivity contribution in [2.24, 2.45) is 0 Å². The topological polar surface area (TPSA) is 49.8 Å². The van der Waals surface area contributed by atoms with Gasteiger partial charge in [-0.05, 0) is 31.5 Å². The lowest BCUT2D eigenvalue weighted by Gasteiger charge is -2.32. The SMILES string of the molecule is O=C(O)CCN1CCCC(Oc2ccccc2Cl)C1. The fraction of sp³-hybridized carbons (Fsp3) is 0.500. The Bertz CT molecular complexity index is 438. The molecule has 1 aliphatic heterocycles. The van der Waals surface area contributed by atoms with Crippen LogP contribution < -0.4 is 4.74 Å². The van der Waals surface area contributed by atoms with E-state index in [2.05, 4.69) is 4.90 Å². The van der Waals surface area contributed by atoms with Crippen LogP contribution in [-0.2, 0) is 4.79 Å². The highest BCUT2D eigenvalue weighted by atomic mass is 35.5. The smallest absolute Gasteiger partial charge is 0.304 e. The average Bonchev–Trinajstić information content (AvgIpc) is 2.40. The maximum absolute atomic E-state index is 10.6. The lowest BCUT2D eigenvalue weighted by atomic mass is 10.1. The number of rotatable bonds is 5. The van der Waals surface area contributed by atoms with Crippen molar-refractivity contribution in [3.8, 4) is 5.75 Å². The second-order valence-electron chi connectivity index (χ2n) is 4.76.